The average molecular weight is 319 g/mol. The van der Waals surface area contributed by atoms with Crippen LogP contribution in [-0.2, 0) is 4.74 Å². The Morgan fingerprint density at radius 3 is 3.04 bits per heavy atom. The normalized spacial score (nSPS) is 31.3. The van der Waals surface area contributed by atoms with E-state index >= 15 is 0 Å². The third-order valence-corrected chi connectivity index (χ3v) is 5.82. The Bertz CT molecular complexity index is 557. The predicted molar refractivity (Wildman–Crippen MR) is 84.0 cm³/mol. The topological polar surface area (TPSA) is 58.8 Å². The lowest BCUT2D eigenvalue weighted by atomic mass is 9.77. The summed E-state index contributed by atoms with van der Waals surface area (Å²) in [6, 6.07) is 0. The lowest BCUT2D eigenvalue weighted by Gasteiger charge is -2.30. The number of carbonyl (C=O) groups excluding carboxylic acids is 1. The van der Waals surface area contributed by atoms with Crippen molar-refractivity contribution in [3.05, 3.63) is 18.0 Å². The van der Waals surface area contributed by atoms with Gasteiger partial charge in [0.05, 0.1) is 18.4 Å². The highest BCUT2D eigenvalue weighted by Crippen LogP contribution is 2.45. The van der Waals surface area contributed by atoms with Gasteiger partial charge in [0.25, 0.3) is 5.91 Å². The quantitative estimate of drug-likeness (QED) is 0.823. The Morgan fingerprint density at radius 1 is 1.48 bits per heavy atom. The highest BCUT2D eigenvalue weighted by molar-refractivity contribution is 5.93. The smallest absolute Gasteiger partial charge is 0.258 e. The van der Waals surface area contributed by atoms with Gasteiger partial charge < -0.3 is 19.1 Å². The maximum Gasteiger partial charge on any atom is 0.258 e. The Labute approximate surface area is 136 Å². The summed E-state index contributed by atoms with van der Waals surface area (Å²) >= 11 is 0. The van der Waals surface area contributed by atoms with Crippen LogP contribution >= 0.6 is 0 Å². The van der Waals surface area contributed by atoms with Crippen molar-refractivity contribution in [3.63, 3.8) is 0 Å². The number of rotatable bonds is 5. The highest BCUT2D eigenvalue weighted by Gasteiger charge is 2.51. The van der Waals surface area contributed by atoms with E-state index in [1.54, 1.807) is 7.11 Å². The maximum absolute atomic E-state index is 12.6. The van der Waals surface area contributed by atoms with Gasteiger partial charge in [-0.05, 0) is 25.2 Å². The summed E-state index contributed by atoms with van der Waals surface area (Å²) in [6.45, 7) is 5.87. The number of aromatic nitrogens is 1. The van der Waals surface area contributed by atoms with Gasteiger partial charge in [0.1, 0.15) is 6.26 Å². The van der Waals surface area contributed by atoms with Gasteiger partial charge in [0.2, 0.25) is 0 Å². The summed E-state index contributed by atoms with van der Waals surface area (Å²) in [5.41, 5.74) is 0.746. The Hall–Kier alpha value is -1.40. The molecule has 0 unspecified atom stereocenters. The zero-order chi connectivity index (χ0) is 15.9. The third-order valence-electron chi connectivity index (χ3n) is 5.82. The molecule has 0 radical (unpaired) electrons. The van der Waals surface area contributed by atoms with Crippen LogP contribution in [0.25, 0.3) is 0 Å². The number of hydrogen-bond acceptors (Lipinski definition) is 5. The molecule has 2 saturated heterocycles. The first-order valence-electron chi connectivity index (χ1n) is 8.60. The molecule has 126 valence electrons. The van der Waals surface area contributed by atoms with E-state index in [1.165, 1.54) is 31.8 Å². The molecule has 6 heteroatoms. The molecule has 3 fully saturated rings. The van der Waals surface area contributed by atoms with Crippen LogP contribution in [0.15, 0.2) is 17.0 Å². The van der Waals surface area contributed by atoms with Crippen molar-refractivity contribution in [2.24, 2.45) is 17.3 Å². The molecular weight excluding hydrogens is 294 g/mol. The van der Waals surface area contributed by atoms with Crippen LogP contribution in [0.1, 0.15) is 29.6 Å². The summed E-state index contributed by atoms with van der Waals surface area (Å²) in [6.07, 6.45) is 6.79. The SMILES string of the molecule is COC[C@@H]1CN(CC2CC2)C[C@@]12CCN(C(=O)c1cnoc1)C2. The van der Waals surface area contributed by atoms with Crippen molar-refractivity contribution in [3.8, 4) is 0 Å². The van der Waals surface area contributed by atoms with Crippen molar-refractivity contribution >= 4 is 5.91 Å². The molecule has 0 aromatic carbocycles. The van der Waals surface area contributed by atoms with E-state index in [0.29, 0.717) is 11.5 Å². The monoisotopic (exact) mass is 319 g/mol. The largest absolute Gasteiger partial charge is 0.384 e. The Balaban J connectivity index is 1.46. The first-order chi connectivity index (χ1) is 11.2. The standard InChI is InChI=1S/C17H25N3O3/c1-22-10-15-8-19(7-13-2-3-13)11-17(15)4-5-20(12-17)16(21)14-6-18-23-9-14/h6,9,13,15H,2-5,7-8,10-12H2,1H3/t15-,17+/m0/s1. The molecule has 1 aliphatic carbocycles. The molecule has 2 aliphatic heterocycles. The van der Waals surface area contributed by atoms with Gasteiger partial charge in [-0.2, -0.15) is 0 Å². The molecule has 3 aliphatic rings. The van der Waals surface area contributed by atoms with Crippen molar-refractivity contribution < 1.29 is 14.1 Å². The summed E-state index contributed by atoms with van der Waals surface area (Å²) < 4.78 is 10.3. The molecule has 1 spiro atoms. The van der Waals surface area contributed by atoms with Gasteiger partial charge in [0, 0.05) is 51.2 Å². The van der Waals surface area contributed by atoms with Gasteiger partial charge in [-0.3, -0.25) is 4.79 Å². The molecule has 1 saturated carbocycles. The average Bonchev–Trinajstić information content (AvgIpc) is 2.96. The Kier molecular flexibility index (Phi) is 3.89. The zero-order valence-corrected chi connectivity index (χ0v) is 13.7. The highest BCUT2D eigenvalue weighted by atomic mass is 16.5. The number of methoxy groups -OCH3 is 1. The van der Waals surface area contributed by atoms with Crippen LogP contribution in [-0.4, -0.2) is 67.3 Å². The first kappa shape index (κ1) is 15.1. The number of ether oxygens (including phenoxy) is 1. The minimum Gasteiger partial charge on any atom is -0.384 e. The van der Waals surface area contributed by atoms with Crippen LogP contribution in [0.3, 0.4) is 0 Å². The molecule has 0 N–H and O–H groups in total. The second kappa shape index (κ2) is 5.91. The van der Waals surface area contributed by atoms with Gasteiger partial charge in [-0.1, -0.05) is 5.16 Å². The van der Waals surface area contributed by atoms with Gasteiger partial charge in [-0.15, -0.1) is 0 Å². The summed E-state index contributed by atoms with van der Waals surface area (Å²) in [4.78, 5) is 17.1. The fourth-order valence-corrected chi connectivity index (χ4v) is 4.40. The fourth-order valence-electron chi connectivity index (χ4n) is 4.40. The molecule has 6 nitrogen and oxygen atoms in total. The number of hydrogen-bond donors (Lipinski definition) is 0. The van der Waals surface area contributed by atoms with Crippen molar-refractivity contribution in [2.75, 3.05) is 46.4 Å². The number of carbonyl (C=O) groups is 1. The van der Waals surface area contributed by atoms with E-state index in [2.05, 4.69) is 10.1 Å². The van der Waals surface area contributed by atoms with Crippen LogP contribution in [0.4, 0.5) is 0 Å². The van der Waals surface area contributed by atoms with Gasteiger partial charge in [0.15, 0.2) is 0 Å². The molecule has 1 aromatic rings. The lowest BCUT2D eigenvalue weighted by molar-refractivity contribution is 0.0715. The molecule has 2 atom stereocenters. The van der Waals surface area contributed by atoms with E-state index < -0.39 is 0 Å². The molecule has 23 heavy (non-hydrogen) atoms. The third kappa shape index (κ3) is 2.90. The summed E-state index contributed by atoms with van der Waals surface area (Å²) in [5, 5.41) is 3.65. The van der Waals surface area contributed by atoms with Crippen LogP contribution in [0.2, 0.25) is 0 Å². The number of likely N-dealkylation sites (tertiary alicyclic amines) is 2. The molecule has 3 heterocycles. The van der Waals surface area contributed by atoms with Crippen molar-refractivity contribution in [1.29, 1.82) is 0 Å². The molecule has 4 rings (SSSR count). The van der Waals surface area contributed by atoms with Crippen molar-refractivity contribution in [1.82, 2.24) is 15.0 Å². The van der Waals surface area contributed by atoms with Crippen LogP contribution in [0.5, 0.6) is 0 Å². The van der Waals surface area contributed by atoms with E-state index in [4.69, 9.17) is 9.26 Å². The number of amides is 1. The summed E-state index contributed by atoms with van der Waals surface area (Å²) in [5.74, 6) is 1.47. The van der Waals surface area contributed by atoms with E-state index in [9.17, 15) is 4.79 Å². The van der Waals surface area contributed by atoms with Crippen LogP contribution < -0.4 is 0 Å². The van der Waals surface area contributed by atoms with E-state index in [-0.39, 0.29) is 11.3 Å². The van der Waals surface area contributed by atoms with Crippen molar-refractivity contribution in [2.45, 2.75) is 19.3 Å². The van der Waals surface area contributed by atoms with Gasteiger partial charge in [-0.25, -0.2) is 0 Å². The minimum absolute atomic E-state index is 0.0416. The zero-order valence-electron chi connectivity index (χ0n) is 13.7. The van der Waals surface area contributed by atoms with Gasteiger partial charge >= 0.3 is 0 Å². The molecule has 1 amide bonds. The fraction of sp³-hybridized carbons (Fsp3) is 0.765. The van der Waals surface area contributed by atoms with E-state index in [1.807, 2.05) is 4.90 Å². The molecular formula is C17H25N3O3. The first-order valence-corrected chi connectivity index (χ1v) is 8.60. The second-order valence-electron chi connectivity index (χ2n) is 7.54. The lowest BCUT2D eigenvalue weighted by Crippen LogP contribution is -2.38. The molecule has 1 aromatic heterocycles. The predicted octanol–water partition coefficient (Wildman–Crippen LogP) is 1.50. The Morgan fingerprint density at radius 2 is 2.35 bits per heavy atom. The molecule has 0 bridgehead atoms. The maximum atomic E-state index is 12.6. The van der Waals surface area contributed by atoms with E-state index in [0.717, 1.165) is 45.1 Å². The minimum atomic E-state index is 0.0416. The summed E-state index contributed by atoms with van der Waals surface area (Å²) in [7, 11) is 1.78. The number of nitrogens with zero attached hydrogens (tertiary/aromatic N) is 3. The second-order valence-corrected chi connectivity index (χ2v) is 7.54. The van der Waals surface area contributed by atoms with Crippen LogP contribution in [0, 0.1) is 17.3 Å².